The Balaban J connectivity index is 2.02. The second-order valence-electron chi connectivity index (χ2n) is 4.85. The van der Waals surface area contributed by atoms with Crippen molar-refractivity contribution in [2.45, 2.75) is 0 Å². The molecule has 114 valence electrons. The molecule has 0 aliphatic heterocycles. The number of nitrogens with one attached hydrogen (secondary N) is 1. The van der Waals surface area contributed by atoms with Crippen molar-refractivity contribution in [3.63, 3.8) is 0 Å². The predicted octanol–water partition coefficient (Wildman–Crippen LogP) is 2.88. The Morgan fingerprint density at radius 2 is 1.91 bits per heavy atom. The van der Waals surface area contributed by atoms with Gasteiger partial charge in [-0.3, -0.25) is 4.79 Å². The summed E-state index contributed by atoms with van der Waals surface area (Å²) in [5.41, 5.74) is 4.35. The third-order valence-corrected chi connectivity index (χ3v) is 3.23. The SMILES string of the molecule is CN(C)c1ccc(C=NNC(=O)c2cc(Cl)ccc2O)cc1. The number of hydrazone groups is 1. The quantitative estimate of drug-likeness (QED) is 0.673. The maximum absolute atomic E-state index is 11.9. The fourth-order valence-electron chi connectivity index (χ4n) is 1.77. The number of phenolic OH excluding ortho intramolecular Hbond substituents is 1. The molecule has 0 unspecified atom stereocenters. The van der Waals surface area contributed by atoms with Crippen LogP contribution >= 0.6 is 11.6 Å². The molecule has 0 aliphatic rings. The van der Waals surface area contributed by atoms with E-state index >= 15 is 0 Å². The molecule has 0 saturated heterocycles. The summed E-state index contributed by atoms with van der Waals surface area (Å²) in [5, 5.41) is 13.9. The second kappa shape index (κ2) is 6.95. The van der Waals surface area contributed by atoms with Gasteiger partial charge in [-0.2, -0.15) is 5.10 Å². The van der Waals surface area contributed by atoms with E-state index in [2.05, 4.69) is 10.5 Å². The predicted molar refractivity (Wildman–Crippen MR) is 88.9 cm³/mol. The molecule has 0 radical (unpaired) electrons. The summed E-state index contributed by atoms with van der Waals surface area (Å²) in [5.74, 6) is -0.673. The van der Waals surface area contributed by atoms with Gasteiger partial charge in [-0.05, 0) is 35.9 Å². The number of amides is 1. The van der Waals surface area contributed by atoms with E-state index < -0.39 is 5.91 Å². The van der Waals surface area contributed by atoms with Crippen molar-refractivity contribution in [2.24, 2.45) is 5.10 Å². The van der Waals surface area contributed by atoms with Crippen molar-refractivity contribution in [3.8, 4) is 5.75 Å². The minimum atomic E-state index is -0.527. The molecular formula is C16H16ClN3O2. The topological polar surface area (TPSA) is 64.9 Å². The van der Waals surface area contributed by atoms with Crippen LogP contribution < -0.4 is 10.3 Å². The monoisotopic (exact) mass is 317 g/mol. The van der Waals surface area contributed by atoms with E-state index in [0.717, 1.165) is 11.3 Å². The van der Waals surface area contributed by atoms with Crippen molar-refractivity contribution in [1.29, 1.82) is 0 Å². The summed E-state index contributed by atoms with van der Waals surface area (Å²) in [6.45, 7) is 0. The number of phenols is 1. The lowest BCUT2D eigenvalue weighted by molar-refractivity contribution is 0.0952. The molecule has 0 aromatic heterocycles. The standard InChI is InChI=1S/C16H16ClN3O2/c1-20(2)13-6-3-11(4-7-13)10-18-19-16(22)14-9-12(17)5-8-15(14)21/h3-10,21H,1-2H3,(H,19,22). The van der Waals surface area contributed by atoms with Crippen LogP contribution in [0.3, 0.4) is 0 Å². The Morgan fingerprint density at radius 3 is 2.55 bits per heavy atom. The number of carbonyl (C=O) groups is 1. The van der Waals surface area contributed by atoms with Gasteiger partial charge in [0.2, 0.25) is 0 Å². The van der Waals surface area contributed by atoms with Gasteiger partial charge in [0.05, 0.1) is 11.8 Å². The van der Waals surface area contributed by atoms with E-state index in [4.69, 9.17) is 11.6 Å². The molecule has 2 aromatic rings. The van der Waals surface area contributed by atoms with Gasteiger partial charge in [0.25, 0.3) is 5.91 Å². The van der Waals surface area contributed by atoms with Gasteiger partial charge < -0.3 is 10.0 Å². The molecule has 1 amide bonds. The van der Waals surface area contributed by atoms with Crippen LogP contribution in [-0.2, 0) is 0 Å². The Labute approximate surface area is 133 Å². The first kappa shape index (κ1) is 15.9. The van der Waals surface area contributed by atoms with E-state index in [1.165, 1.54) is 24.4 Å². The first-order valence-electron chi connectivity index (χ1n) is 6.56. The molecule has 0 fully saturated rings. The van der Waals surface area contributed by atoms with Crippen LogP contribution in [0, 0.1) is 0 Å². The number of carbonyl (C=O) groups excluding carboxylic acids is 1. The lowest BCUT2D eigenvalue weighted by atomic mass is 10.2. The normalized spacial score (nSPS) is 10.7. The Bertz CT molecular complexity index is 697. The van der Waals surface area contributed by atoms with E-state index in [1.54, 1.807) is 0 Å². The smallest absolute Gasteiger partial charge is 0.275 e. The van der Waals surface area contributed by atoms with E-state index in [9.17, 15) is 9.90 Å². The Hall–Kier alpha value is -2.53. The number of nitrogens with zero attached hydrogens (tertiary/aromatic N) is 2. The number of halogens is 1. The van der Waals surface area contributed by atoms with Crippen LogP contribution in [0.5, 0.6) is 5.75 Å². The lowest BCUT2D eigenvalue weighted by Gasteiger charge is -2.11. The van der Waals surface area contributed by atoms with Crippen molar-refractivity contribution < 1.29 is 9.90 Å². The molecular weight excluding hydrogens is 302 g/mol. The van der Waals surface area contributed by atoms with Crippen LogP contribution in [-0.4, -0.2) is 31.3 Å². The summed E-state index contributed by atoms with van der Waals surface area (Å²) in [4.78, 5) is 13.9. The molecule has 6 heteroatoms. The highest BCUT2D eigenvalue weighted by Crippen LogP contribution is 2.21. The Morgan fingerprint density at radius 1 is 1.23 bits per heavy atom. The maximum Gasteiger partial charge on any atom is 0.275 e. The third-order valence-electron chi connectivity index (χ3n) is 2.99. The van der Waals surface area contributed by atoms with Crippen molar-refractivity contribution in [1.82, 2.24) is 5.43 Å². The van der Waals surface area contributed by atoms with Gasteiger partial charge in [-0.15, -0.1) is 0 Å². The number of hydrogen-bond donors (Lipinski definition) is 2. The highest BCUT2D eigenvalue weighted by Gasteiger charge is 2.10. The largest absolute Gasteiger partial charge is 0.507 e. The van der Waals surface area contributed by atoms with Crippen LogP contribution in [0.15, 0.2) is 47.6 Å². The first-order chi connectivity index (χ1) is 10.5. The van der Waals surface area contributed by atoms with E-state index in [-0.39, 0.29) is 11.3 Å². The summed E-state index contributed by atoms with van der Waals surface area (Å²) in [7, 11) is 3.92. The average Bonchev–Trinajstić information content (AvgIpc) is 2.50. The molecule has 0 aliphatic carbocycles. The molecule has 0 bridgehead atoms. The third kappa shape index (κ3) is 3.99. The van der Waals surface area contributed by atoms with E-state index in [0.29, 0.717) is 5.02 Å². The zero-order valence-corrected chi connectivity index (χ0v) is 13.0. The zero-order chi connectivity index (χ0) is 16.1. The Kier molecular flexibility index (Phi) is 5.01. The van der Waals surface area contributed by atoms with Crippen molar-refractivity contribution >= 4 is 29.4 Å². The van der Waals surface area contributed by atoms with Gasteiger partial charge in [0, 0.05) is 24.8 Å². The molecule has 2 N–H and O–H groups in total. The summed E-state index contributed by atoms with van der Waals surface area (Å²) in [6.07, 6.45) is 1.53. The van der Waals surface area contributed by atoms with Gasteiger partial charge in [0.1, 0.15) is 5.75 Å². The number of aromatic hydroxyl groups is 1. The van der Waals surface area contributed by atoms with E-state index in [1.807, 2.05) is 43.3 Å². The molecule has 0 atom stereocenters. The number of hydrogen-bond acceptors (Lipinski definition) is 4. The lowest BCUT2D eigenvalue weighted by Crippen LogP contribution is -2.17. The average molecular weight is 318 g/mol. The molecule has 0 saturated carbocycles. The summed E-state index contributed by atoms with van der Waals surface area (Å²) in [6, 6.07) is 11.9. The fourth-order valence-corrected chi connectivity index (χ4v) is 1.95. The highest BCUT2D eigenvalue weighted by molar-refractivity contribution is 6.31. The number of anilines is 1. The summed E-state index contributed by atoms with van der Waals surface area (Å²) < 4.78 is 0. The highest BCUT2D eigenvalue weighted by atomic mass is 35.5. The minimum absolute atomic E-state index is 0.0765. The van der Waals surface area contributed by atoms with Crippen molar-refractivity contribution in [2.75, 3.05) is 19.0 Å². The zero-order valence-electron chi connectivity index (χ0n) is 12.2. The van der Waals surface area contributed by atoms with Gasteiger partial charge >= 0.3 is 0 Å². The summed E-state index contributed by atoms with van der Waals surface area (Å²) >= 11 is 5.80. The van der Waals surface area contributed by atoms with Crippen LogP contribution in [0.2, 0.25) is 5.02 Å². The maximum atomic E-state index is 11.9. The second-order valence-corrected chi connectivity index (χ2v) is 5.28. The molecule has 0 spiro atoms. The molecule has 0 heterocycles. The number of benzene rings is 2. The first-order valence-corrected chi connectivity index (χ1v) is 6.94. The van der Waals surface area contributed by atoms with Gasteiger partial charge in [-0.25, -0.2) is 5.43 Å². The van der Waals surface area contributed by atoms with Gasteiger partial charge in [0.15, 0.2) is 0 Å². The molecule has 22 heavy (non-hydrogen) atoms. The van der Waals surface area contributed by atoms with Gasteiger partial charge in [-0.1, -0.05) is 23.7 Å². The van der Waals surface area contributed by atoms with Crippen LogP contribution in [0.25, 0.3) is 0 Å². The fraction of sp³-hybridized carbons (Fsp3) is 0.125. The number of rotatable bonds is 4. The molecule has 5 nitrogen and oxygen atoms in total. The van der Waals surface area contributed by atoms with Crippen LogP contribution in [0.4, 0.5) is 5.69 Å². The molecule has 2 rings (SSSR count). The van der Waals surface area contributed by atoms with Crippen molar-refractivity contribution in [3.05, 3.63) is 58.6 Å². The van der Waals surface area contributed by atoms with Crippen LogP contribution in [0.1, 0.15) is 15.9 Å². The molecule has 2 aromatic carbocycles. The minimum Gasteiger partial charge on any atom is -0.507 e.